The van der Waals surface area contributed by atoms with Crippen molar-refractivity contribution in [1.29, 1.82) is 0 Å². The molecule has 1 N–H and O–H groups in total. The molecule has 1 heterocycles. The van der Waals surface area contributed by atoms with Crippen LogP contribution in [0.3, 0.4) is 0 Å². The number of likely N-dealkylation sites (N-methyl/N-ethyl adjacent to an activating group) is 1. The molecule has 0 unspecified atom stereocenters. The molecule has 7 heteroatoms. The lowest BCUT2D eigenvalue weighted by Crippen LogP contribution is -2.23. The summed E-state index contributed by atoms with van der Waals surface area (Å²) >= 11 is 0. The summed E-state index contributed by atoms with van der Waals surface area (Å²) in [6.45, 7) is 11.3. The van der Waals surface area contributed by atoms with Gasteiger partial charge in [-0.25, -0.2) is 5.43 Å². The number of carbonyl (C=O) groups is 1. The van der Waals surface area contributed by atoms with Gasteiger partial charge in [-0.1, -0.05) is 32.0 Å². The van der Waals surface area contributed by atoms with E-state index in [9.17, 15) is 4.79 Å². The van der Waals surface area contributed by atoms with Crippen molar-refractivity contribution in [3.05, 3.63) is 59.3 Å². The number of nitrogens with one attached hydrogen (secondary N) is 1. The molecule has 0 atom stereocenters. The Morgan fingerprint density at radius 2 is 1.64 bits per heavy atom. The minimum atomic E-state index is -0.364. The van der Waals surface area contributed by atoms with Gasteiger partial charge < -0.3 is 19.1 Å². The minimum Gasteiger partial charge on any atom is -0.490 e. The van der Waals surface area contributed by atoms with Gasteiger partial charge in [-0.3, -0.25) is 4.79 Å². The zero-order valence-corrected chi connectivity index (χ0v) is 20.3. The Bertz CT molecular complexity index is 1030. The molecule has 1 aliphatic rings. The summed E-state index contributed by atoms with van der Waals surface area (Å²) in [6, 6.07) is 11.6. The first-order valence-electron chi connectivity index (χ1n) is 11.3. The molecule has 1 amide bonds. The molecule has 2 aromatic carbocycles. The van der Waals surface area contributed by atoms with Gasteiger partial charge in [0.25, 0.3) is 5.91 Å². The van der Waals surface area contributed by atoms with E-state index in [1.165, 1.54) is 11.3 Å². The number of nitrogens with zero attached hydrogens (tertiary/aromatic N) is 2. The Labute approximate surface area is 196 Å². The van der Waals surface area contributed by atoms with Crippen LogP contribution in [0.5, 0.6) is 17.2 Å². The maximum absolute atomic E-state index is 12.8. The van der Waals surface area contributed by atoms with E-state index in [1.807, 2.05) is 40.0 Å². The number of benzene rings is 2. The van der Waals surface area contributed by atoms with Gasteiger partial charge in [-0.05, 0) is 50.6 Å². The second-order valence-corrected chi connectivity index (χ2v) is 8.07. The second-order valence-electron chi connectivity index (χ2n) is 8.07. The standard InChI is InChI=1S/C26H33N3O4/c1-7-31-21-16-18(17-22(32-8-2)24(21)33-9-3)25(30)28-27-15-14-23-26(4,5)19-12-10-11-13-20(19)29(23)6/h10-17H,7-9H2,1-6H3,(H,28,30)/b23-14+,27-15+. The van der Waals surface area contributed by atoms with Crippen LogP contribution in [0, 0.1) is 0 Å². The number of anilines is 1. The number of ether oxygens (including phenoxy) is 3. The van der Waals surface area contributed by atoms with Crippen molar-refractivity contribution in [2.45, 2.75) is 40.0 Å². The van der Waals surface area contributed by atoms with Crippen molar-refractivity contribution in [3.63, 3.8) is 0 Å². The fraction of sp³-hybridized carbons (Fsp3) is 0.385. The molecule has 176 valence electrons. The van der Waals surface area contributed by atoms with Crippen LogP contribution in [0.15, 0.2) is 53.3 Å². The Kier molecular flexibility index (Phi) is 7.63. The first-order valence-corrected chi connectivity index (χ1v) is 11.3. The molecule has 0 spiro atoms. The zero-order chi connectivity index (χ0) is 24.0. The number of hydrazone groups is 1. The molecular formula is C26H33N3O4. The van der Waals surface area contributed by atoms with E-state index in [0.29, 0.717) is 42.6 Å². The van der Waals surface area contributed by atoms with E-state index in [1.54, 1.807) is 18.3 Å². The van der Waals surface area contributed by atoms with Crippen molar-refractivity contribution in [3.8, 4) is 17.2 Å². The largest absolute Gasteiger partial charge is 0.490 e. The SMILES string of the molecule is CCOc1cc(C(=O)N/N=C/C=C2/N(C)c3ccccc3C2(C)C)cc(OCC)c1OCC. The monoisotopic (exact) mass is 451 g/mol. The Morgan fingerprint density at radius 1 is 1.03 bits per heavy atom. The molecule has 33 heavy (non-hydrogen) atoms. The quantitative estimate of drug-likeness (QED) is 0.433. The van der Waals surface area contributed by atoms with Crippen LogP contribution in [0.1, 0.15) is 50.5 Å². The van der Waals surface area contributed by atoms with E-state index >= 15 is 0 Å². The number of allylic oxidation sites excluding steroid dienone is 2. The summed E-state index contributed by atoms with van der Waals surface area (Å²) in [5, 5.41) is 4.14. The normalized spacial score (nSPS) is 15.6. The molecule has 1 aliphatic heterocycles. The van der Waals surface area contributed by atoms with E-state index in [-0.39, 0.29) is 11.3 Å². The number of carbonyl (C=O) groups excluding carboxylic acids is 1. The van der Waals surface area contributed by atoms with Crippen LogP contribution in [0.25, 0.3) is 0 Å². The molecule has 3 rings (SSSR count). The van der Waals surface area contributed by atoms with E-state index in [0.717, 1.165) is 5.70 Å². The average molecular weight is 452 g/mol. The molecule has 0 bridgehead atoms. The summed E-state index contributed by atoms with van der Waals surface area (Å²) in [4.78, 5) is 14.9. The Balaban J connectivity index is 1.79. The highest BCUT2D eigenvalue weighted by Crippen LogP contribution is 2.46. The minimum absolute atomic E-state index is 0.157. The summed E-state index contributed by atoms with van der Waals surface area (Å²) in [7, 11) is 2.04. The van der Waals surface area contributed by atoms with E-state index in [4.69, 9.17) is 14.2 Å². The van der Waals surface area contributed by atoms with Gasteiger partial charge in [0.2, 0.25) is 5.75 Å². The number of rotatable bonds is 9. The van der Waals surface area contributed by atoms with Gasteiger partial charge in [0.15, 0.2) is 11.5 Å². The molecule has 7 nitrogen and oxygen atoms in total. The lowest BCUT2D eigenvalue weighted by Gasteiger charge is -2.23. The third-order valence-electron chi connectivity index (χ3n) is 5.58. The highest BCUT2D eigenvalue weighted by molar-refractivity contribution is 5.96. The van der Waals surface area contributed by atoms with Gasteiger partial charge >= 0.3 is 0 Å². The van der Waals surface area contributed by atoms with Crippen molar-refractivity contribution in [2.75, 3.05) is 31.8 Å². The Hall–Kier alpha value is -3.48. The third-order valence-corrected chi connectivity index (χ3v) is 5.58. The third kappa shape index (κ3) is 4.97. The molecule has 0 saturated heterocycles. The molecule has 2 aromatic rings. The van der Waals surface area contributed by atoms with E-state index in [2.05, 4.69) is 47.5 Å². The summed E-state index contributed by atoms with van der Waals surface area (Å²) < 4.78 is 17.1. The van der Waals surface area contributed by atoms with Crippen molar-refractivity contribution in [2.24, 2.45) is 5.10 Å². The molecule has 0 fully saturated rings. The fourth-order valence-corrected chi connectivity index (χ4v) is 4.09. The smallest absolute Gasteiger partial charge is 0.271 e. The van der Waals surface area contributed by atoms with Crippen molar-refractivity contribution < 1.29 is 19.0 Å². The topological polar surface area (TPSA) is 72.4 Å². The van der Waals surface area contributed by atoms with Crippen LogP contribution in [0.2, 0.25) is 0 Å². The number of hydrogen-bond donors (Lipinski definition) is 1. The molecule has 0 aliphatic carbocycles. The van der Waals surface area contributed by atoms with Crippen LogP contribution < -0.4 is 24.5 Å². The average Bonchev–Trinajstić information content (AvgIpc) is 2.99. The number of hydrogen-bond acceptors (Lipinski definition) is 6. The van der Waals surface area contributed by atoms with Crippen LogP contribution in [0.4, 0.5) is 5.69 Å². The number of para-hydroxylation sites is 1. The van der Waals surface area contributed by atoms with Gasteiger partial charge in [0.1, 0.15) is 0 Å². The molecule has 0 aromatic heterocycles. The lowest BCUT2D eigenvalue weighted by atomic mass is 9.84. The van der Waals surface area contributed by atoms with Gasteiger partial charge in [-0.15, -0.1) is 0 Å². The summed E-state index contributed by atoms with van der Waals surface area (Å²) in [6.07, 6.45) is 3.54. The summed E-state index contributed by atoms with van der Waals surface area (Å²) in [5.74, 6) is 1.07. The van der Waals surface area contributed by atoms with Gasteiger partial charge in [-0.2, -0.15) is 5.10 Å². The zero-order valence-electron chi connectivity index (χ0n) is 20.3. The maximum atomic E-state index is 12.8. The molecular weight excluding hydrogens is 418 g/mol. The first kappa shape index (κ1) is 24.2. The number of fused-ring (bicyclic) bond motifs is 1. The Morgan fingerprint density at radius 3 is 2.21 bits per heavy atom. The van der Waals surface area contributed by atoms with Crippen LogP contribution in [-0.2, 0) is 5.41 Å². The number of amides is 1. The van der Waals surface area contributed by atoms with Crippen LogP contribution >= 0.6 is 0 Å². The van der Waals surface area contributed by atoms with Crippen molar-refractivity contribution in [1.82, 2.24) is 5.43 Å². The van der Waals surface area contributed by atoms with Crippen LogP contribution in [-0.4, -0.2) is 39.0 Å². The second kappa shape index (κ2) is 10.4. The van der Waals surface area contributed by atoms with Gasteiger partial charge in [0, 0.05) is 35.6 Å². The molecule has 0 radical (unpaired) electrons. The lowest BCUT2D eigenvalue weighted by molar-refractivity contribution is 0.0954. The predicted molar refractivity (Wildman–Crippen MR) is 132 cm³/mol. The fourth-order valence-electron chi connectivity index (χ4n) is 4.09. The summed E-state index contributed by atoms with van der Waals surface area (Å²) in [5.41, 5.74) is 6.34. The molecule has 0 saturated carbocycles. The predicted octanol–water partition coefficient (Wildman–Crippen LogP) is 4.91. The van der Waals surface area contributed by atoms with E-state index < -0.39 is 0 Å². The highest BCUT2D eigenvalue weighted by Gasteiger charge is 2.37. The van der Waals surface area contributed by atoms with Gasteiger partial charge in [0.05, 0.1) is 19.8 Å². The first-order chi connectivity index (χ1) is 15.8. The highest BCUT2D eigenvalue weighted by atomic mass is 16.5. The maximum Gasteiger partial charge on any atom is 0.271 e. The van der Waals surface area contributed by atoms with Crippen molar-refractivity contribution >= 4 is 17.8 Å².